The van der Waals surface area contributed by atoms with Crippen LogP contribution in [-0.4, -0.2) is 19.9 Å². The first-order valence-corrected chi connectivity index (χ1v) is 5.75. The Balaban J connectivity index is 2.25. The quantitative estimate of drug-likeness (QED) is 0.858. The summed E-state index contributed by atoms with van der Waals surface area (Å²) >= 11 is 0. The molecule has 0 atom stereocenters. The van der Waals surface area contributed by atoms with E-state index in [0.717, 1.165) is 5.82 Å². The molecule has 2 aromatic heterocycles. The van der Waals surface area contributed by atoms with Crippen molar-refractivity contribution in [1.29, 1.82) is 0 Å². The van der Waals surface area contributed by atoms with Crippen molar-refractivity contribution in [1.82, 2.24) is 19.9 Å². The van der Waals surface area contributed by atoms with E-state index in [-0.39, 0.29) is 5.92 Å². The average molecular weight is 244 g/mol. The molecule has 0 spiro atoms. The van der Waals surface area contributed by atoms with Crippen LogP contribution in [0, 0.1) is 6.92 Å². The number of hydrogen-bond acceptors (Lipinski definition) is 6. The van der Waals surface area contributed by atoms with E-state index in [1.165, 1.54) is 0 Å². The molecule has 0 radical (unpaired) electrons. The van der Waals surface area contributed by atoms with Gasteiger partial charge in [0.1, 0.15) is 29.1 Å². The summed E-state index contributed by atoms with van der Waals surface area (Å²) in [4.78, 5) is 16.9. The summed E-state index contributed by atoms with van der Waals surface area (Å²) in [5, 5.41) is 3.10. The van der Waals surface area contributed by atoms with Gasteiger partial charge in [-0.25, -0.2) is 19.9 Å². The molecule has 6 heteroatoms. The van der Waals surface area contributed by atoms with Crippen LogP contribution >= 0.6 is 0 Å². The number of nitrogen functional groups attached to an aromatic ring is 1. The van der Waals surface area contributed by atoms with Gasteiger partial charge in [0.05, 0.1) is 0 Å². The van der Waals surface area contributed by atoms with E-state index in [1.54, 1.807) is 25.3 Å². The number of aryl methyl sites for hydroxylation is 1. The lowest BCUT2D eigenvalue weighted by molar-refractivity contribution is 0.776. The molecule has 3 N–H and O–H groups in total. The molecular weight excluding hydrogens is 228 g/mol. The first kappa shape index (κ1) is 12.2. The number of aromatic nitrogens is 4. The van der Waals surface area contributed by atoms with E-state index >= 15 is 0 Å². The van der Waals surface area contributed by atoms with E-state index in [9.17, 15) is 0 Å². The van der Waals surface area contributed by atoms with Gasteiger partial charge in [-0.2, -0.15) is 0 Å². The summed E-state index contributed by atoms with van der Waals surface area (Å²) in [6.45, 7) is 5.89. The molecule has 2 rings (SSSR count). The highest BCUT2D eigenvalue weighted by Crippen LogP contribution is 2.16. The predicted octanol–water partition coefficient (Wildman–Crippen LogP) is 2.02. The van der Waals surface area contributed by atoms with Gasteiger partial charge in [-0.3, -0.25) is 0 Å². The molecule has 6 nitrogen and oxygen atoms in total. The highest BCUT2D eigenvalue weighted by atomic mass is 15.1. The second-order valence-corrected chi connectivity index (χ2v) is 4.31. The topological polar surface area (TPSA) is 89.6 Å². The smallest absolute Gasteiger partial charge is 0.137 e. The molecule has 0 saturated carbocycles. The molecular formula is C12H16N6. The minimum absolute atomic E-state index is 0.281. The number of nitrogens with zero attached hydrogens (tertiary/aromatic N) is 4. The summed E-state index contributed by atoms with van der Waals surface area (Å²) < 4.78 is 0. The molecule has 2 aromatic rings. The number of nitrogens with two attached hydrogens (primary N) is 1. The Labute approximate surface area is 106 Å². The summed E-state index contributed by atoms with van der Waals surface area (Å²) in [5.74, 6) is 3.46. The van der Waals surface area contributed by atoms with Gasteiger partial charge in [0.2, 0.25) is 0 Å². The maximum Gasteiger partial charge on any atom is 0.137 e. The van der Waals surface area contributed by atoms with E-state index in [2.05, 4.69) is 25.3 Å². The van der Waals surface area contributed by atoms with Gasteiger partial charge in [-0.1, -0.05) is 13.8 Å². The standard InChI is InChI=1S/C12H16N6/c1-7(2)12-14-5-4-10(18-12)17-11-6-9(13)15-8(3)16-11/h4-7H,1-3H3,(H3,13,14,15,16,17,18). The molecule has 0 unspecified atom stereocenters. The Morgan fingerprint density at radius 1 is 1.17 bits per heavy atom. The fourth-order valence-corrected chi connectivity index (χ4v) is 1.51. The van der Waals surface area contributed by atoms with E-state index in [4.69, 9.17) is 5.73 Å². The fraction of sp³-hybridized carbons (Fsp3) is 0.333. The summed E-state index contributed by atoms with van der Waals surface area (Å²) in [7, 11) is 0. The molecule has 94 valence electrons. The highest BCUT2D eigenvalue weighted by Gasteiger charge is 2.05. The van der Waals surface area contributed by atoms with E-state index in [1.807, 2.05) is 13.8 Å². The fourth-order valence-electron chi connectivity index (χ4n) is 1.51. The monoisotopic (exact) mass is 244 g/mol. The lowest BCUT2D eigenvalue weighted by Crippen LogP contribution is -2.04. The van der Waals surface area contributed by atoms with Crippen LogP contribution in [0.4, 0.5) is 17.5 Å². The first-order valence-electron chi connectivity index (χ1n) is 5.75. The lowest BCUT2D eigenvalue weighted by Gasteiger charge is -2.08. The van der Waals surface area contributed by atoms with Crippen molar-refractivity contribution in [3.8, 4) is 0 Å². The van der Waals surface area contributed by atoms with Crippen molar-refractivity contribution in [3.05, 3.63) is 30.0 Å². The van der Waals surface area contributed by atoms with Gasteiger partial charge >= 0.3 is 0 Å². The zero-order valence-electron chi connectivity index (χ0n) is 10.7. The molecule has 0 fully saturated rings. The van der Waals surface area contributed by atoms with Crippen LogP contribution < -0.4 is 11.1 Å². The van der Waals surface area contributed by atoms with Crippen LogP contribution in [-0.2, 0) is 0 Å². The molecule has 0 saturated heterocycles. The Morgan fingerprint density at radius 2 is 1.94 bits per heavy atom. The van der Waals surface area contributed by atoms with Gasteiger partial charge in [-0.15, -0.1) is 0 Å². The van der Waals surface area contributed by atoms with Crippen molar-refractivity contribution in [2.45, 2.75) is 26.7 Å². The summed E-state index contributed by atoms with van der Waals surface area (Å²) in [6.07, 6.45) is 1.72. The van der Waals surface area contributed by atoms with Gasteiger partial charge in [0.15, 0.2) is 0 Å². The molecule has 0 amide bonds. The van der Waals surface area contributed by atoms with Crippen LogP contribution in [0.3, 0.4) is 0 Å². The highest BCUT2D eigenvalue weighted by molar-refractivity contribution is 5.54. The number of nitrogens with one attached hydrogen (secondary N) is 1. The molecule has 0 aliphatic rings. The molecule has 0 bridgehead atoms. The van der Waals surface area contributed by atoms with Crippen LogP contribution in [0.25, 0.3) is 0 Å². The number of rotatable bonds is 3. The third kappa shape index (κ3) is 2.91. The molecule has 2 heterocycles. The SMILES string of the molecule is Cc1nc(N)cc(Nc2ccnc(C(C)C)n2)n1. The second-order valence-electron chi connectivity index (χ2n) is 4.31. The molecule has 0 aliphatic heterocycles. The van der Waals surface area contributed by atoms with Crippen molar-refractivity contribution in [2.24, 2.45) is 0 Å². The maximum atomic E-state index is 5.67. The molecule has 0 aromatic carbocycles. The van der Waals surface area contributed by atoms with E-state index < -0.39 is 0 Å². The molecule has 0 aliphatic carbocycles. The van der Waals surface area contributed by atoms with Crippen LogP contribution in [0.1, 0.15) is 31.4 Å². The Morgan fingerprint density at radius 3 is 2.61 bits per heavy atom. The van der Waals surface area contributed by atoms with Crippen molar-refractivity contribution in [2.75, 3.05) is 11.1 Å². The minimum Gasteiger partial charge on any atom is -0.384 e. The summed E-state index contributed by atoms with van der Waals surface area (Å²) in [5.41, 5.74) is 5.67. The molecule has 18 heavy (non-hydrogen) atoms. The predicted molar refractivity (Wildman–Crippen MR) is 70.6 cm³/mol. The van der Waals surface area contributed by atoms with Crippen molar-refractivity contribution in [3.63, 3.8) is 0 Å². The Bertz CT molecular complexity index is 532. The largest absolute Gasteiger partial charge is 0.384 e. The minimum atomic E-state index is 0.281. The number of hydrogen-bond donors (Lipinski definition) is 2. The van der Waals surface area contributed by atoms with Crippen LogP contribution in [0.15, 0.2) is 18.3 Å². The Kier molecular flexibility index (Phi) is 3.36. The normalized spacial score (nSPS) is 10.7. The van der Waals surface area contributed by atoms with Crippen LogP contribution in [0.2, 0.25) is 0 Å². The van der Waals surface area contributed by atoms with Gasteiger partial charge in [-0.05, 0) is 13.0 Å². The van der Waals surface area contributed by atoms with Gasteiger partial charge in [0.25, 0.3) is 0 Å². The van der Waals surface area contributed by atoms with Crippen molar-refractivity contribution >= 4 is 17.5 Å². The zero-order valence-corrected chi connectivity index (χ0v) is 10.7. The first-order chi connectivity index (χ1) is 8.54. The second kappa shape index (κ2) is 4.95. The third-order valence-electron chi connectivity index (χ3n) is 2.30. The average Bonchev–Trinajstić information content (AvgIpc) is 2.27. The number of anilines is 3. The zero-order chi connectivity index (χ0) is 13.1. The Hall–Kier alpha value is -2.24. The van der Waals surface area contributed by atoms with Gasteiger partial charge < -0.3 is 11.1 Å². The van der Waals surface area contributed by atoms with Crippen LogP contribution in [0.5, 0.6) is 0 Å². The van der Waals surface area contributed by atoms with E-state index in [0.29, 0.717) is 23.3 Å². The maximum absolute atomic E-state index is 5.67. The summed E-state index contributed by atoms with van der Waals surface area (Å²) in [6, 6.07) is 3.46. The van der Waals surface area contributed by atoms with Gasteiger partial charge in [0, 0.05) is 18.2 Å². The third-order valence-corrected chi connectivity index (χ3v) is 2.30. The lowest BCUT2D eigenvalue weighted by atomic mass is 10.2. The van der Waals surface area contributed by atoms with Crippen molar-refractivity contribution < 1.29 is 0 Å².